The van der Waals surface area contributed by atoms with E-state index < -0.39 is 18.0 Å². The average molecular weight is 340 g/mol. The molecule has 1 amide bonds. The molecular formula is C16H24N2O6. The number of rotatable bonds is 4. The van der Waals surface area contributed by atoms with E-state index in [1.165, 1.54) is 14.2 Å². The molecule has 2 heterocycles. The normalized spacial score (nSPS) is 15.7. The molecule has 134 valence electrons. The van der Waals surface area contributed by atoms with Gasteiger partial charge in [-0.05, 0) is 27.2 Å². The number of aromatic nitrogens is 1. The topological polar surface area (TPSA) is 88.1 Å². The van der Waals surface area contributed by atoms with Gasteiger partial charge in [0.1, 0.15) is 11.3 Å². The number of amides is 1. The number of methoxy groups -OCH3 is 2. The van der Waals surface area contributed by atoms with Crippen molar-refractivity contribution in [2.75, 3.05) is 32.8 Å². The van der Waals surface area contributed by atoms with Crippen molar-refractivity contribution in [3.05, 3.63) is 11.6 Å². The first-order valence-corrected chi connectivity index (χ1v) is 7.70. The first kappa shape index (κ1) is 18.3. The zero-order chi connectivity index (χ0) is 17.7. The summed E-state index contributed by atoms with van der Waals surface area (Å²) in [5.41, 5.74) is 0.263. The van der Waals surface area contributed by atoms with Crippen molar-refractivity contribution in [2.45, 2.75) is 39.1 Å². The van der Waals surface area contributed by atoms with E-state index in [1.807, 2.05) is 0 Å². The van der Waals surface area contributed by atoms with Crippen molar-refractivity contribution in [3.8, 4) is 11.8 Å². The Morgan fingerprint density at radius 3 is 2.46 bits per heavy atom. The number of nitrogens with one attached hydrogen (secondary N) is 1. The Bertz CT molecular complexity index is 579. The Hall–Kier alpha value is -2.06. The van der Waals surface area contributed by atoms with Crippen LogP contribution in [0.25, 0.3) is 0 Å². The molecule has 1 N–H and O–H groups in total. The summed E-state index contributed by atoms with van der Waals surface area (Å²) in [6.45, 7) is 6.46. The Kier molecular flexibility index (Phi) is 5.84. The third-order valence-corrected chi connectivity index (χ3v) is 3.10. The summed E-state index contributed by atoms with van der Waals surface area (Å²) in [6, 6.07) is 1.64. The Morgan fingerprint density at radius 1 is 1.25 bits per heavy atom. The highest BCUT2D eigenvalue weighted by Crippen LogP contribution is 2.37. The van der Waals surface area contributed by atoms with Gasteiger partial charge in [0.15, 0.2) is 6.29 Å². The van der Waals surface area contributed by atoms with Crippen LogP contribution < -0.4 is 14.8 Å². The van der Waals surface area contributed by atoms with Crippen LogP contribution in [0.4, 0.5) is 10.5 Å². The molecule has 0 aromatic carbocycles. The largest absolute Gasteiger partial charge is 0.481 e. The number of pyridine rings is 1. The second kappa shape index (κ2) is 7.67. The number of ether oxygens (including phenoxy) is 5. The van der Waals surface area contributed by atoms with Crippen molar-refractivity contribution >= 4 is 11.8 Å². The van der Waals surface area contributed by atoms with Crippen LogP contribution >= 0.6 is 0 Å². The van der Waals surface area contributed by atoms with Gasteiger partial charge in [-0.2, -0.15) is 4.98 Å². The Balaban J connectivity index is 2.36. The molecule has 8 heteroatoms. The minimum absolute atomic E-state index is 0.188. The summed E-state index contributed by atoms with van der Waals surface area (Å²) in [6.07, 6.45) is -0.454. The summed E-state index contributed by atoms with van der Waals surface area (Å²) >= 11 is 0. The van der Waals surface area contributed by atoms with Gasteiger partial charge in [-0.25, -0.2) is 4.79 Å². The van der Waals surface area contributed by atoms with Crippen molar-refractivity contribution in [1.82, 2.24) is 4.98 Å². The first-order valence-electron chi connectivity index (χ1n) is 7.70. The summed E-state index contributed by atoms with van der Waals surface area (Å²) in [5.74, 6) is 0.516. The molecule has 1 fully saturated rings. The lowest BCUT2D eigenvalue weighted by Gasteiger charge is -2.27. The summed E-state index contributed by atoms with van der Waals surface area (Å²) < 4.78 is 27.0. The minimum Gasteiger partial charge on any atom is -0.481 e. The van der Waals surface area contributed by atoms with Gasteiger partial charge < -0.3 is 23.7 Å². The van der Waals surface area contributed by atoms with Gasteiger partial charge in [0.2, 0.25) is 11.8 Å². The van der Waals surface area contributed by atoms with Crippen LogP contribution in [0.5, 0.6) is 11.8 Å². The number of carbonyl (C=O) groups excluding carboxylic acids is 1. The molecule has 24 heavy (non-hydrogen) atoms. The molecule has 8 nitrogen and oxygen atoms in total. The van der Waals surface area contributed by atoms with Crippen molar-refractivity contribution < 1.29 is 28.5 Å². The fourth-order valence-corrected chi connectivity index (χ4v) is 2.15. The predicted octanol–water partition coefficient (Wildman–Crippen LogP) is 2.88. The molecule has 1 aliphatic heterocycles. The molecule has 2 rings (SSSR count). The molecule has 1 saturated heterocycles. The van der Waals surface area contributed by atoms with Crippen molar-refractivity contribution in [2.24, 2.45) is 0 Å². The van der Waals surface area contributed by atoms with E-state index in [0.29, 0.717) is 30.3 Å². The average Bonchev–Trinajstić information content (AvgIpc) is 2.54. The van der Waals surface area contributed by atoms with Crippen LogP contribution in [0.3, 0.4) is 0 Å². The molecule has 0 spiro atoms. The lowest BCUT2D eigenvalue weighted by atomic mass is 10.2. The lowest BCUT2D eigenvalue weighted by Crippen LogP contribution is -2.28. The SMILES string of the molecule is COc1cc(C2OCCCO2)c(NC(=O)OC(C)(C)C)c(OC)n1. The number of nitrogens with zero attached hydrogens (tertiary/aromatic N) is 1. The van der Waals surface area contributed by atoms with Gasteiger partial charge in [0, 0.05) is 11.6 Å². The summed E-state index contributed by atoms with van der Waals surface area (Å²) in [4.78, 5) is 16.3. The van der Waals surface area contributed by atoms with Crippen LogP contribution in [-0.4, -0.2) is 44.1 Å². The molecule has 0 aliphatic carbocycles. The fourth-order valence-electron chi connectivity index (χ4n) is 2.15. The molecule has 1 aromatic heterocycles. The zero-order valence-corrected chi connectivity index (χ0v) is 14.7. The first-order chi connectivity index (χ1) is 11.3. The zero-order valence-electron chi connectivity index (χ0n) is 14.7. The van der Waals surface area contributed by atoms with E-state index in [9.17, 15) is 4.79 Å². The number of hydrogen-bond acceptors (Lipinski definition) is 7. The third-order valence-electron chi connectivity index (χ3n) is 3.10. The maximum atomic E-state index is 12.2. The molecule has 1 aromatic rings. The van der Waals surface area contributed by atoms with E-state index in [-0.39, 0.29) is 5.88 Å². The maximum Gasteiger partial charge on any atom is 0.412 e. The van der Waals surface area contributed by atoms with Crippen molar-refractivity contribution in [3.63, 3.8) is 0 Å². The van der Waals surface area contributed by atoms with Gasteiger partial charge in [-0.1, -0.05) is 0 Å². The van der Waals surface area contributed by atoms with Gasteiger partial charge >= 0.3 is 6.09 Å². The number of anilines is 1. The van der Waals surface area contributed by atoms with Crippen LogP contribution in [0, 0.1) is 0 Å². The van der Waals surface area contributed by atoms with E-state index in [1.54, 1.807) is 26.8 Å². The number of hydrogen-bond donors (Lipinski definition) is 1. The highest BCUT2D eigenvalue weighted by atomic mass is 16.7. The van der Waals surface area contributed by atoms with Gasteiger partial charge in [0.05, 0.1) is 27.4 Å². The Labute approximate surface area is 141 Å². The van der Waals surface area contributed by atoms with Crippen LogP contribution in [0.1, 0.15) is 39.0 Å². The van der Waals surface area contributed by atoms with E-state index in [2.05, 4.69) is 10.3 Å². The molecule has 0 bridgehead atoms. The highest BCUT2D eigenvalue weighted by Gasteiger charge is 2.27. The fraction of sp³-hybridized carbons (Fsp3) is 0.625. The van der Waals surface area contributed by atoms with Crippen LogP contribution in [-0.2, 0) is 14.2 Å². The van der Waals surface area contributed by atoms with E-state index >= 15 is 0 Å². The molecule has 0 radical (unpaired) electrons. The molecule has 0 unspecified atom stereocenters. The van der Waals surface area contributed by atoms with E-state index in [4.69, 9.17) is 23.7 Å². The van der Waals surface area contributed by atoms with Crippen LogP contribution in [0.2, 0.25) is 0 Å². The maximum absolute atomic E-state index is 12.2. The summed E-state index contributed by atoms with van der Waals surface area (Å²) in [7, 11) is 2.95. The second-order valence-corrected chi connectivity index (χ2v) is 6.19. The Morgan fingerprint density at radius 2 is 1.92 bits per heavy atom. The standard InChI is InChI=1S/C16H24N2O6/c1-16(2,3)24-15(19)18-12-10(14-22-7-6-8-23-14)9-11(20-4)17-13(12)21-5/h9,14H,6-8H2,1-5H3,(H,18,19). The van der Waals surface area contributed by atoms with Crippen molar-refractivity contribution in [1.29, 1.82) is 0 Å². The van der Waals surface area contributed by atoms with E-state index in [0.717, 1.165) is 6.42 Å². The molecular weight excluding hydrogens is 316 g/mol. The molecule has 0 saturated carbocycles. The molecule has 0 atom stereocenters. The molecule has 1 aliphatic rings. The minimum atomic E-state index is -0.644. The van der Waals surface area contributed by atoms with Gasteiger partial charge in [-0.3, -0.25) is 5.32 Å². The van der Waals surface area contributed by atoms with Gasteiger partial charge in [-0.15, -0.1) is 0 Å². The lowest BCUT2D eigenvalue weighted by molar-refractivity contribution is -0.182. The number of carbonyl (C=O) groups is 1. The second-order valence-electron chi connectivity index (χ2n) is 6.19. The highest BCUT2D eigenvalue weighted by molar-refractivity contribution is 5.88. The smallest absolute Gasteiger partial charge is 0.412 e. The van der Waals surface area contributed by atoms with Crippen LogP contribution in [0.15, 0.2) is 6.07 Å². The quantitative estimate of drug-likeness (QED) is 0.901. The monoisotopic (exact) mass is 340 g/mol. The van der Waals surface area contributed by atoms with Gasteiger partial charge in [0.25, 0.3) is 0 Å². The predicted molar refractivity (Wildman–Crippen MR) is 86.5 cm³/mol. The summed E-state index contributed by atoms with van der Waals surface area (Å²) in [5, 5.41) is 2.67. The third kappa shape index (κ3) is 4.72.